The second kappa shape index (κ2) is 7.19. The summed E-state index contributed by atoms with van der Waals surface area (Å²) in [5, 5.41) is 2.44. The van der Waals surface area contributed by atoms with E-state index in [2.05, 4.69) is 16.0 Å². The highest BCUT2D eigenvalue weighted by Crippen LogP contribution is 2.12. The average molecular weight is 275 g/mol. The van der Waals surface area contributed by atoms with Gasteiger partial charge in [-0.15, -0.1) is 12.3 Å². The smallest absolute Gasteiger partial charge is 0.408 e. The van der Waals surface area contributed by atoms with E-state index >= 15 is 0 Å². The summed E-state index contributed by atoms with van der Waals surface area (Å²) in [6, 6.07) is 9.20. The van der Waals surface area contributed by atoms with Crippen molar-refractivity contribution in [1.82, 2.24) is 5.32 Å². The van der Waals surface area contributed by atoms with Gasteiger partial charge >= 0.3 is 12.1 Å². The highest BCUT2D eigenvalue weighted by Gasteiger charge is 2.35. The van der Waals surface area contributed by atoms with Crippen LogP contribution in [0.4, 0.5) is 4.79 Å². The first-order valence-electron chi connectivity index (χ1n) is 6.02. The molecule has 0 spiro atoms. The summed E-state index contributed by atoms with van der Waals surface area (Å²) in [5.74, 6) is 1.71. The van der Waals surface area contributed by atoms with E-state index in [0.717, 1.165) is 5.56 Å². The molecule has 1 aromatic carbocycles. The van der Waals surface area contributed by atoms with Crippen molar-refractivity contribution in [2.45, 2.75) is 25.5 Å². The molecule has 20 heavy (non-hydrogen) atoms. The largest absolute Gasteiger partial charge is 0.467 e. The normalized spacial score (nSPS) is 12.7. The van der Waals surface area contributed by atoms with Crippen LogP contribution in [-0.4, -0.2) is 24.7 Å². The van der Waals surface area contributed by atoms with Crippen LogP contribution in [0.25, 0.3) is 0 Å². The molecule has 106 valence electrons. The molecule has 0 aromatic heterocycles. The Morgan fingerprint density at radius 3 is 2.55 bits per heavy atom. The first-order chi connectivity index (χ1) is 9.51. The van der Waals surface area contributed by atoms with E-state index in [1.165, 1.54) is 14.0 Å². The Morgan fingerprint density at radius 2 is 2.00 bits per heavy atom. The number of ether oxygens (including phenoxy) is 2. The van der Waals surface area contributed by atoms with Crippen LogP contribution in [0.3, 0.4) is 0 Å². The molecule has 0 aliphatic rings. The zero-order valence-electron chi connectivity index (χ0n) is 11.5. The van der Waals surface area contributed by atoms with Gasteiger partial charge < -0.3 is 14.8 Å². The van der Waals surface area contributed by atoms with Gasteiger partial charge in [-0.05, 0) is 12.5 Å². The molecule has 5 nitrogen and oxygen atoms in total. The fraction of sp³-hybridized carbons (Fsp3) is 0.333. The van der Waals surface area contributed by atoms with Crippen LogP contribution < -0.4 is 5.32 Å². The minimum absolute atomic E-state index is 0.0140. The maximum Gasteiger partial charge on any atom is 0.408 e. The number of rotatable bonds is 5. The summed E-state index contributed by atoms with van der Waals surface area (Å²) in [4.78, 5) is 23.4. The number of terminal acetylenes is 1. The van der Waals surface area contributed by atoms with E-state index < -0.39 is 17.6 Å². The van der Waals surface area contributed by atoms with Crippen LogP contribution in [0.15, 0.2) is 30.3 Å². The van der Waals surface area contributed by atoms with E-state index in [1.807, 2.05) is 30.3 Å². The summed E-state index contributed by atoms with van der Waals surface area (Å²) in [6.07, 6.45) is 4.49. The van der Waals surface area contributed by atoms with Crippen molar-refractivity contribution in [3.63, 3.8) is 0 Å². The molecule has 0 unspecified atom stereocenters. The summed E-state index contributed by atoms with van der Waals surface area (Å²) < 4.78 is 9.67. The standard InChI is InChI=1S/C15H17NO4/c1-4-10-15(2,13(17)19-3)16-14(18)20-11-12-8-6-5-7-9-12/h1,5-9H,10-11H2,2-3H3,(H,16,18)/t15-/m1/s1. The predicted molar refractivity (Wildman–Crippen MR) is 73.6 cm³/mol. The van der Waals surface area contributed by atoms with Gasteiger partial charge in [-0.25, -0.2) is 9.59 Å². The maximum atomic E-state index is 11.7. The molecule has 1 N–H and O–H groups in total. The Kier molecular flexibility index (Phi) is 5.60. The van der Waals surface area contributed by atoms with Gasteiger partial charge in [0.25, 0.3) is 0 Å². The zero-order chi connectivity index (χ0) is 15.0. The molecule has 1 atom stereocenters. The van der Waals surface area contributed by atoms with Gasteiger partial charge in [0.15, 0.2) is 0 Å². The summed E-state index contributed by atoms with van der Waals surface area (Å²) in [5.41, 5.74) is -0.448. The number of esters is 1. The van der Waals surface area contributed by atoms with Gasteiger partial charge in [0.2, 0.25) is 0 Å². The molecule has 0 saturated heterocycles. The minimum Gasteiger partial charge on any atom is -0.467 e. The van der Waals surface area contributed by atoms with Crippen molar-refractivity contribution >= 4 is 12.1 Å². The molecule has 1 amide bonds. The van der Waals surface area contributed by atoms with Crippen LogP contribution in [0, 0.1) is 12.3 Å². The third-order valence-corrected chi connectivity index (χ3v) is 2.68. The van der Waals surface area contributed by atoms with Crippen LogP contribution in [0.1, 0.15) is 18.9 Å². The Balaban J connectivity index is 2.59. The average Bonchev–Trinajstić information content (AvgIpc) is 2.45. The molecule has 0 saturated carbocycles. The lowest BCUT2D eigenvalue weighted by Crippen LogP contribution is -2.52. The molecular weight excluding hydrogens is 258 g/mol. The molecule has 1 aromatic rings. The lowest BCUT2D eigenvalue weighted by atomic mass is 9.99. The monoisotopic (exact) mass is 275 g/mol. The van der Waals surface area contributed by atoms with Gasteiger partial charge in [-0.3, -0.25) is 0 Å². The number of carbonyl (C=O) groups excluding carboxylic acids is 2. The number of benzene rings is 1. The Bertz CT molecular complexity index is 506. The van der Waals surface area contributed by atoms with Crippen molar-refractivity contribution in [3.05, 3.63) is 35.9 Å². The molecule has 5 heteroatoms. The fourth-order valence-electron chi connectivity index (χ4n) is 1.58. The number of hydrogen-bond acceptors (Lipinski definition) is 4. The third-order valence-electron chi connectivity index (χ3n) is 2.68. The Hall–Kier alpha value is -2.48. The number of nitrogens with one attached hydrogen (secondary N) is 1. The van der Waals surface area contributed by atoms with Crippen molar-refractivity contribution < 1.29 is 19.1 Å². The number of hydrogen-bond donors (Lipinski definition) is 1. The quantitative estimate of drug-likeness (QED) is 0.658. The molecule has 0 heterocycles. The van der Waals surface area contributed by atoms with E-state index in [9.17, 15) is 9.59 Å². The predicted octanol–water partition coefficient (Wildman–Crippen LogP) is 1.87. The van der Waals surface area contributed by atoms with Gasteiger partial charge in [0.05, 0.1) is 7.11 Å². The Labute approximate surface area is 118 Å². The summed E-state index contributed by atoms with van der Waals surface area (Å²) in [6.45, 7) is 1.60. The van der Waals surface area contributed by atoms with Crippen molar-refractivity contribution in [2.75, 3.05) is 7.11 Å². The molecule has 1 rings (SSSR count). The lowest BCUT2D eigenvalue weighted by Gasteiger charge is -2.25. The van der Waals surface area contributed by atoms with E-state index in [4.69, 9.17) is 11.2 Å². The molecule has 0 fully saturated rings. The van der Waals surface area contributed by atoms with Gasteiger partial charge in [0, 0.05) is 6.42 Å². The lowest BCUT2D eigenvalue weighted by molar-refractivity contribution is -0.147. The molecule has 0 aliphatic heterocycles. The van der Waals surface area contributed by atoms with Gasteiger partial charge in [-0.1, -0.05) is 30.3 Å². The minimum atomic E-state index is -1.29. The van der Waals surface area contributed by atoms with Crippen molar-refractivity contribution in [1.29, 1.82) is 0 Å². The summed E-state index contributed by atoms with van der Waals surface area (Å²) >= 11 is 0. The highest BCUT2D eigenvalue weighted by atomic mass is 16.6. The van der Waals surface area contributed by atoms with Crippen LogP contribution >= 0.6 is 0 Å². The molecule has 0 bridgehead atoms. The number of alkyl carbamates (subject to hydrolysis) is 1. The third kappa shape index (κ3) is 4.32. The second-order valence-electron chi connectivity index (χ2n) is 4.39. The highest BCUT2D eigenvalue weighted by molar-refractivity contribution is 5.85. The van der Waals surface area contributed by atoms with Crippen LogP contribution in [-0.2, 0) is 20.9 Å². The van der Waals surface area contributed by atoms with Crippen LogP contribution in [0.2, 0.25) is 0 Å². The molecular formula is C15H17NO4. The van der Waals surface area contributed by atoms with Gasteiger partial charge in [0.1, 0.15) is 12.1 Å². The number of methoxy groups -OCH3 is 1. The zero-order valence-corrected chi connectivity index (χ0v) is 11.5. The van der Waals surface area contributed by atoms with E-state index in [-0.39, 0.29) is 13.0 Å². The summed E-state index contributed by atoms with van der Waals surface area (Å²) in [7, 11) is 1.23. The molecule has 0 radical (unpaired) electrons. The number of amides is 1. The first-order valence-corrected chi connectivity index (χ1v) is 6.02. The Morgan fingerprint density at radius 1 is 1.35 bits per heavy atom. The van der Waals surface area contributed by atoms with Gasteiger partial charge in [-0.2, -0.15) is 0 Å². The second-order valence-corrected chi connectivity index (χ2v) is 4.39. The maximum absolute atomic E-state index is 11.7. The molecule has 0 aliphatic carbocycles. The van der Waals surface area contributed by atoms with E-state index in [0.29, 0.717) is 0 Å². The van der Waals surface area contributed by atoms with Crippen LogP contribution in [0.5, 0.6) is 0 Å². The van der Waals surface area contributed by atoms with Crippen molar-refractivity contribution in [3.8, 4) is 12.3 Å². The fourth-order valence-corrected chi connectivity index (χ4v) is 1.58. The number of carbonyl (C=O) groups is 2. The van der Waals surface area contributed by atoms with Crippen molar-refractivity contribution in [2.24, 2.45) is 0 Å². The van der Waals surface area contributed by atoms with E-state index in [1.54, 1.807) is 0 Å². The SMILES string of the molecule is C#CC[C@@](C)(NC(=O)OCc1ccccc1)C(=O)OC. The first kappa shape index (κ1) is 15.6. The topological polar surface area (TPSA) is 64.6 Å².